The number of piperazine rings is 1. The van der Waals surface area contributed by atoms with Crippen LogP contribution < -0.4 is 5.32 Å². The molecule has 3 heterocycles. The average molecular weight is 427 g/mol. The minimum absolute atomic E-state index is 0.00807. The number of amides is 2. The number of nitrogens with one attached hydrogen (secondary N) is 1. The number of hydrogen-bond acceptors (Lipinski definition) is 6. The number of rotatable bonds is 6. The maximum absolute atomic E-state index is 12.7. The lowest BCUT2D eigenvalue weighted by atomic mass is 10.2. The van der Waals surface area contributed by atoms with E-state index in [0.717, 1.165) is 15.4 Å². The molecule has 6 nitrogen and oxygen atoms in total. The van der Waals surface area contributed by atoms with Gasteiger partial charge in [-0.3, -0.25) is 14.5 Å². The molecule has 1 N–H and O–H groups in total. The zero-order chi connectivity index (χ0) is 20.1. The first-order valence-corrected chi connectivity index (χ1v) is 11.3. The van der Waals surface area contributed by atoms with E-state index in [4.69, 9.17) is 0 Å². The number of thiophene rings is 1. The standard InChI is InChI=1S/C21H22N4O2S2/c26-19(22-13-16-5-2-1-3-6-16)14-24-8-10-25(11-9-24)21(27)17-15-29-20(23-17)18-7-4-12-28-18/h1-7,12,15H,8-11,13-14H2,(H,22,26). The molecule has 1 fully saturated rings. The Morgan fingerprint density at radius 1 is 1.00 bits per heavy atom. The third-order valence-electron chi connectivity index (χ3n) is 4.81. The van der Waals surface area contributed by atoms with Crippen LogP contribution in [0.1, 0.15) is 16.1 Å². The SMILES string of the molecule is O=C(CN1CCN(C(=O)c2csc(-c3cccs3)n2)CC1)NCc1ccccc1. The van der Waals surface area contributed by atoms with E-state index in [1.807, 2.05) is 58.1 Å². The molecule has 0 unspecified atom stereocenters. The molecule has 1 aliphatic heterocycles. The lowest BCUT2D eigenvalue weighted by Crippen LogP contribution is -2.51. The average Bonchev–Trinajstić information content (AvgIpc) is 3.45. The fourth-order valence-electron chi connectivity index (χ4n) is 3.21. The highest BCUT2D eigenvalue weighted by Gasteiger charge is 2.25. The Kier molecular flexibility index (Phi) is 6.33. The second-order valence-electron chi connectivity index (χ2n) is 6.85. The quantitative estimate of drug-likeness (QED) is 0.658. The lowest BCUT2D eigenvalue weighted by Gasteiger charge is -2.33. The maximum atomic E-state index is 12.7. The molecule has 0 radical (unpaired) electrons. The van der Waals surface area contributed by atoms with Crippen LogP contribution in [0.25, 0.3) is 9.88 Å². The molecule has 150 valence electrons. The molecule has 4 rings (SSSR count). The Labute approximate surface area is 177 Å². The number of benzene rings is 1. The van der Waals surface area contributed by atoms with E-state index >= 15 is 0 Å². The van der Waals surface area contributed by atoms with Crippen molar-refractivity contribution in [2.45, 2.75) is 6.54 Å². The summed E-state index contributed by atoms with van der Waals surface area (Å²) >= 11 is 3.12. The van der Waals surface area contributed by atoms with Gasteiger partial charge in [-0.25, -0.2) is 4.98 Å². The first-order chi connectivity index (χ1) is 14.2. The molecule has 0 saturated carbocycles. The van der Waals surface area contributed by atoms with Gasteiger partial charge in [-0.2, -0.15) is 0 Å². The van der Waals surface area contributed by atoms with E-state index in [2.05, 4.69) is 15.2 Å². The highest BCUT2D eigenvalue weighted by atomic mass is 32.1. The van der Waals surface area contributed by atoms with Gasteiger partial charge in [-0.05, 0) is 17.0 Å². The lowest BCUT2D eigenvalue weighted by molar-refractivity contribution is -0.122. The van der Waals surface area contributed by atoms with Crippen LogP contribution in [0.3, 0.4) is 0 Å². The normalized spacial score (nSPS) is 14.7. The summed E-state index contributed by atoms with van der Waals surface area (Å²) in [6, 6.07) is 13.9. The zero-order valence-electron chi connectivity index (χ0n) is 15.9. The predicted molar refractivity (Wildman–Crippen MR) is 116 cm³/mol. The minimum atomic E-state index is -0.0303. The largest absolute Gasteiger partial charge is 0.351 e. The summed E-state index contributed by atoms with van der Waals surface area (Å²) in [6.45, 7) is 3.48. The summed E-state index contributed by atoms with van der Waals surface area (Å²) in [4.78, 5) is 34.4. The van der Waals surface area contributed by atoms with Gasteiger partial charge in [0.15, 0.2) is 0 Å². The molecule has 2 amide bonds. The first-order valence-electron chi connectivity index (χ1n) is 9.51. The minimum Gasteiger partial charge on any atom is -0.351 e. The highest BCUT2D eigenvalue weighted by molar-refractivity contribution is 7.20. The Bertz CT molecular complexity index is 948. The first kappa shape index (κ1) is 19.8. The highest BCUT2D eigenvalue weighted by Crippen LogP contribution is 2.28. The number of carbonyl (C=O) groups excluding carboxylic acids is 2. The van der Waals surface area contributed by atoms with E-state index < -0.39 is 0 Å². The van der Waals surface area contributed by atoms with Crippen molar-refractivity contribution in [3.05, 3.63) is 64.5 Å². The Balaban J connectivity index is 1.24. The Morgan fingerprint density at radius 3 is 2.52 bits per heavy atom. The molecule has 0 bridgehead atoms. The van der Waals surface area contributed by atoms with Gasteiger partial charge in [-0.1, -0.05) is 36.4 Å². The molecule has 0 atom stereocenters. The number of aromatic nitrogens is 1. The van der Waals surface area contributed by atoms with Gasteiger partial charge in [0.25, 0.3) is 5.91 Å². The van der Waals surface area contributed by atoms with Crippen molar-refractivity contribution in [3.63, 3.8) is 0 Å². The van der Waals surface area contributed by atoms with Gasteiger partial charge in [0.2, 0.25) is 5.91 Å². The van der Waals surface area contributed by atoms with E-state index in [9.17, 15) is 9.59 Å². The van der Waals surface area contributed by atoms with Crippen LogP contribution in [0.4, 0.5) is 0 Å². The molecular weight excluding hydrogens is 404 g/mol. The van der Waals surface area contributed by atoms with Crippen LogP contribution in [0.15, 0.2) is 53.2 Å². The molecule has 2 aromatic heterocycles. The fourth-order valence-corrected chi connectivity index (χ4v) is 4.82. The second-order valence-corrected chi connectivity index (χ2v) is 8.65. The molecule has 1 aromatic carbocycles. The van der Waals surface area contributed by atoms with Crippen molar-refractivity contribution in [1.29, 1.82) is 0 Å². The molecule has 8 heteroatoms. The van der Waals surface area contributed by atoms with Gasteiger partial charge in [0, 0.05) is 38.1 Å². The van der Waals surface area contributed by atoms with Crippen LogP contribution in [-0.2, 0) is 11.3 Å². The van der Waals surface area contributed by atoms with E-state index in [1.165, 1.54) is 11.3 Å². The zero-order valence-corrected chi connectivity index (χ0v) is 17.5. The van der Waals surface area contributed by atoms with Crippen molar-refractivity contribution >= 4 is 34.5 Å². The molecule has 1 saturated heterocycles. The molecule has 0 aliphatic carbocycles. The number of hydrogen-bond donors (Lipinski definition) is 1. The van der Waals surface area contributed by atoms with Gasteiger partial charge in [-0.15, -0.1) is 22.7 Å². The third-order valence-corrected chi connectivity index (χ3v) is 6.70. The number of nitrogens with zero attached hydrogens (tertiary/aromatic N) is 3. The fraction of sp³-hybridized carbons (Fsp3) is 0.286. The number of thiazole rings is 1. The molecule has 29 heavy (non-hydrogen) atoms. The van der Waals surface area contributed by atoms with E-state index in [0.29, 0.717) is 45.0 Å². The smallest absolute Gasteiger partial charge is 0.273 e. The van der Waals surface area contributed by atoms with Crippen molar-refractivity contribution < 1.29 is 9.59 Å². The van der Waals surface area contributed by atoms with E-state index in [-0.39, 0.29) is 11.8 Å². The summed E-state index contributed by atoms with van der Waals surface area (Å²) < 4.78 is 0. The summed E-state index contributed by atoms with van der Waals surface area (Å²) in [5, 5.41) is 7.68. The second kappa shape index (κ2) is 9.30. The van der Waals surface area contributed by atoms with Crippen LogP contribution in [0.5, 0.6) is 0 Å². The van der Waals surface area contributed by atoms with Crippen molar-refractivity contribution in [2.75, 3.05) is 32.7 Å². The third kappa shape index (κ3) is 5.09. The van der Waals surface area contributed by atoms with Crippen molar-refractivity contribution in [1.82, 2.24) is 20.1 Å². The monoisotopic (exact) mass is 426 g/mol. The Morgan fingerprint density at radius 2 is 1.79 bits per heavy atom. The maximum Gasteiger partial charge on any atom is 0.273 e. The summed E-state index contributed by atoms with van der Waals surface area (Å²) in [7, 11) is 0. The summed E-state index contributed by atoms with van der Waals surface area (Å²) in [5.41, 5.74) is 1.59. The molecule has 3 aromatic rings. The molecule has 0 spiro atoms. The van der Waals surface area contributed by atoms with Crippen LogP contribution in [0, 0.1) is 0 Å². The van der Waals surface area contributed by atoms with Crippen LogP contribution >= 0.6 is 22.7 Å². The van der Waals surface area contributed by atoms with Crippen LogP contribution in [0.2, 0.25) is 0 Å². The van der Waals surface area contributed by atoms with Gasteiger partial charge >= 0.3 is 0 Å². The Hall–Kier alpha value is -2.55. The molecule has 1 aliphatic rings. The number of carbonyl (C=O) groups is 2. The van der Waals surface area contributed by atoms with Gasteiger partial charge in [0.1, 0.15) is 10.7 Å². The summed E-state index contributed by atoms with van der Waals surface area (Å²) in [5.74, 6) is -0.0223. The predicted octanol–water partition coefficient (Wildman–Crippen LogP) is 2.95. The van der Waals surface area contributed by atoms with E-state index in [1.54, 1.807) is 11.3 Å². The van der Waals surface area contributed by atoms with Crippen molar-refractivity contribution in [3.8, 4) is 9.88 Å². The van der Waals surface area contributed by atoms with Gasteiger partial charge in [0.05, 0.1) is 11.4 Å². The van der Waals surface area contributed by atoms with Crippen molar-refractivity contribution in [2.24, 2.45) is 0 Å². The van der Waals surface area contributed by atoms with Gasteiger partial charge < -0.3 is 10.2 Å². The topological polar surface area (TPSA) is 65.5 Å². The molecular formula is C21H22N4O2S2. The summed E-state index contributed by atoms with van der Waals surface area (Å²) in [6.07, 6.45) is 0. The van der Waals surface area contributed by atoms with Crippen LogP contribution in [-0.4, -0.2) is 59.3 Å².